The number of carboxylic acid groups (broad SMARTS) is 1. The van der Waals surface area contributed by atoms with Gasteiger partial charge in [0.2, 0.25) is 10.8 Å². The Morgan fingerprint density at radius 2 is 1.81 bits per heavy atom. The van der Waals surface area contributed by atoms with Crippen molar-refractivity contribution >= 4 is 34.6 Å². The molecule has 13 heteroatoms. The second-order valence-corrected chi connectivity index (χ2v) is 9.94. The number of carbonyl (C=O) groups is 1. The Labute approximate surface area is 213 Å². The van der Waals surface area contributed by atoms with Crippen molar-refractivity contribution in [3.8, 4) is 0 Å². The number of alkyl halides is 3. The first kappa shape index (κ1) is 26.6. The summed E-state index contributed by atoms with van der Waals surface area (Å²) in [5.41, 5.74) is 2.74. The van der Waals surface area contributed by atoms with E-state index >= 15 is 0 Å². The molecule has 37 heavy (non-hydrogen) atoms. The Hall–Kier alpha value is -3.45. The highest BCUT2D eigenvalue weighted by molar-refractivity contribution is 7.91. The summed E-state index contributed by atoms with van der Waals surface area (Å²) in [6.45, 7) is 1.71. The molecule has 196 valence electrons. The van der Waals surface area contributed by atoms with E-state index in [1.807, 2.05) is 12.4 Å². The number of hydrogen-bond donors (Lipinski definition) is 2. The summed E-state index contributed by atoms with van der Waals surface area (Å²) in [5, 5.41) is 10.3. The number of piperidine rings is 1. The molecular formula is C24H23F4N5O3S. The number of rotatable bonds is 4. The average molecular weight is 538 g/mol. The van der Waals surface area contributed by atoms with Crippen molar-refractivity contribution in [1.82, 2.24) is 15.0 Å². The molecule has 0 aliphatic carbocycles. The summed E-state index contributed by atoms with van der Waals surface area (Å²) in [7, 11) is 0. The van der Waals surface area contributed by atoms with Crippen molar-refractivity contribution in [3.05, 3.63) is 65.9 Å². The zero-order valence-corrected chi connectivity index (χ0v) is 20.2. The highest BCUT2D eigenvalue weighted by Gasteiger charge is 2.38. The van der Waals surface area contributed by atoms with Crippen LogP contribution >= 0.6 is 0 Å². The zero-order valence-electron chi connectivity index (χ0n) is 19.4. The molecule has 2 aliphatic heterocycles. The van der Waals surface area contributed by atoms with Crippen LogP contribution in [0.3, 0.4) is 0 Å². The minimum Gasteiger partial charge on any atom is -0.611 e. The van der Waals surface area contributed by atoms with Gasteiger partial charge in [-0.05, 0) is 65.8 Å². The van der Waals surface area contributed by atoms with Crippen molar-refractivity contribution in [2.45, 2.75) is 36.3 Å². The zero-order chi connectivity index (χ0) is 26.6. The van der Waals surface area contributed by atoms with Crippen molar-refractivity contribution < 1.29 is 32.0 Å². The van der Waals surface area contributed by atoms with Gasteiger partial charge < -0.3 is 19.9 Å². The van der Waals surface area contributed by atoms with Gasteiger partial charge in [-0.2, -0.15) is 18.2 Å². The molecule has 3 aromatic rings. The maximum absolute atomic E-state index is 13.6. The minimum atomic E-state index is -5.08. The lowest BCUT2D eigenvalue weighted by atomic mass is 9.90. The third-order valence-corrected chi connectivity index (χ3v) is 7.42. The maximum atomic E-state index is 13.6. The molecule has 2 aliphatic rings. The Morgan fingerprint density at radius 1 is 1.14 bits per heavy atom. The number of nitrogens with one attached hydrogen (secondary N) is 1. The van der Waals surface area contributed by atoms with E-state index in [0.29, 0.717) is 40.4 Å². The predicted molar refractivity (Wildman–Crippen MR) is 129 cm³/mol. The Bertz CT molecular complexity index is 1240. The Morgan fingerprint density at radius 3 is 2.43 bits per heavy atom. The molecule has 0 amide bonds. The van der Waals surface area contributed by atoms with E-state index < -0.39 is 23.3 Å². The summed E-state index contributed by atoms with van der Waals surface area (Å²) in [6, 6.07) is 10.4. The van der Waals surface area contributed by atoms with Crippen molar-refractivity contribution in [2.24, 2.45) is 0 Å². The number of aliphatic carboxylic acids is 1. The normalized spacial score (nSPS) is 17.5. The summed E-state index contributed by atoms with van der Waals surface area (Å²) in [4.78, 5) is 25.3. The van der Waals surface area contributed by atoms with Gasteiger partial charge in [0, 0.05) is 37.6 Å². The summed E-state index contributed by atoms with van der Waals surface area (Å²) in [6.07, 6.45) is 1.31. The molecule has 0 radical (unpaired) electrons. The van der Waals surface area contributed by atoms with Crippen LogP contribution in [0.15, 0.2) is 53.7 Å². The molecule has 0 bridgehead atoms. The number of nitrogens with zero attached hydrogens (tertiary/aromatic N) is 4. The fourth-order valence-electron chi connectivity index (χ4n) is 4.16. The Balaban J connectivity index is 0.000000405. The average Bonchev–Trinajstić information content (AvgIpc) is 3.25. The largest absolute Gasteiger partial charge is 0.611 e. The standard InChI is InChI=1S/C22H22FN5OS.C2HF3O2/c23-17-2-1-3-18(14-17)25-21-20-19(8-13-30(20)29)26-22(27-21)28-11-6-16(7-12-28)15-4-9-24-10-5-15;3-2(4,5)1(6)7/h1-5,9-10,14,16H,6-8,11-13H2,(H,25,26,27);(H,6,7). The first-order valence-corrected chi connectivity index (χ1v) is 12.7. The lowest BCUT2D eigenvalue weighted by molar-refractivity contribution is -0.192. The number of carboxylic acids is 1. The molecule has 1 aromatic carbocycles. The van der Waals surface area contributed by atoms with Gasteiger partial charge in [-0.15, -0.1) is 0 Å². The van der Waals surface area contributed by atoms with Gasteiger partial charge in [0.15, 0.2) is 5.82 Å². The number of benzene rings is 1. The first-order valence-electron chi connectivity index (χ1n) is 11.4. The molecule has 1 fully saturated rings. The lowest BCUT2D eigenvalue weighted by Gasteiger charge is -2.32. The van der Waals surface area contributed by atoms with Gasteiger partial charge in [0.25, 0.3) is 0 Å². The number of hydrogen-bond acceptors (Lipinski definition) is 7. The van der Waals surface area contributed by atoms with E-state index in [1.54, 1.807) is 12.1 Å². The summed E-state index contributed by atoms with van der Waals surface area (Å²) >= 11 is -1.14. The van der Waals surface area contributed by atoms with Crippen LogP contribution < -0.4 is 10.2 Å². The monoisotopic (exact) mass is 537 g/mol. The van der Waals surface area contributed by atoms with Crippen LogP contribution in [-0.4, -0.2) is 55.6 Å². The maximum Gasteiger partial charge on any atom is 0.490 e. The molecule has 2 aromatic heterocycles. The highest BCUT2D eigenvalue weighted by atomic mass is 32.2. The Kier molecular flexibility index (Phi) is 8.13. The third-order valence-electron chi connectivity index (χ3n) is 5.96. The van der Waals surface area contributed by atoms with E-state index in [-0.39, 0.29) is 5.82 Å². The number of aryl methyl sites for hydroxylation is 1. The van der Waals surface area contributed by atoms with Gasteiger partial charge >= 0.3 is 12.1 Å². The van der Waals surface area contributed by atoms with Gasteiger partial charge in [-0.25, -0.2) is 14.2 Å². The fourth-order valence-corrected chi connectivity index (χ4v) is 5.47. The molecule has 4 heterocycles. The second kappa shape index (κ2) is 11.3. The molecule has 2 N–H and O–H groups in total. The number of halogens is 4. The van der Waals surface area contributed by atoms with E-state index in [9.17, 15) is 22.1 Å². The van der Waals surface area contributed by atoms with Crippen LogP contribution in [0.1, 0.15) is 30.0 Å². The van der Waals surface area contributed by atoms with Crippen LogP contribution in [0.25, 0.3) is 0 Å². The smallest absolute Gasteiger partial charge is 0.490 e. The van der Waals surface area contributed by atoms with E-state index in [2.05, 4.69) is 27.3 Å². The second-order valence-electron chi connectivity index (χ2n) is 8.43. The predicted octanol–water partition coefficient (Wildman–Crippen LogP) is 4.44. The van der Waals surface area contributed by atoms with Gasteiger partial charge in [0.05, 0.1) is 0 Å². The van der Waals surface area contributed by atoms with Gasteiger partial charge in [-0.1, -0.05) is 6.07 Å². The highest BCUT2D eigenvalue weighted by Crippen LogP contribution is 2.35. The number of aromatic nitrogens is 3. The molecule has 1 atom stereocenters. The van der Waals surface area contributed by atoms with Crippen LogP contribution in [0.2, 0.25) is 0 Å². The molecule has 1 unspecified atom stereocenters. The van der Waals surface area contributed by atoms with Crippen molar-refractivity contribution in [1.29, 1.82) is 0 Å². The first-order chi connectivity index (χ1) is 17.6. The molecule has 5 rings (SSSR count). The number of fused-ring (bicyclic) bond motifs is 1. The molecule has 1 saturated heterocycles. The number of anilines is 3. The molecule has 0 saturated carbocycles. The van der Waals surface area contributed by atoms with Crippen LogP contribution in [-0.2, 0) is 22.4 Å². The minimum absolute atomic E-state index is 0.328. The molecule has 0 spiro atoms. The molecular weight excluding hydrogens is 514 g/mol. The van der Waals surface area contributed by atoms with Crippen LogP contribution in [0.5, 0.6) is 0 Å². The summed E-state index contributed by atoms with van der Waals surface area (Å²) < 4.78 is 57.9. The van der Waals surface area contributed by atoms with Crippen LogP contribution in [0, 0.1) is 5.82 Å². The van der Waals surface area contributed by atoms with Crippen molar-refractivity contribution in [3.63, 3.8) is 0 Å². The topological polar surface area (TPSA) is 114 Å². The SMILES string of the molecule is O=C(O)C(F)(F)F.[O-][S+]1CCc2nc(N3CCC(c4ccncc4)CC3)nc(Nc3cccc(F)c3)c21. The summed E-state index contributed by atoms with van der Waals surface area (Å²) in [5.74, 6) is -0.851. The van der Waals surface area contributed by atoms with E-state index in [0.717, 1.165) is 31.6 Å². The fraction of sp³-hybridized carbons (Fsp3) is 0.333. The lowest BCUT2D eigenvalue weighted by Crippen LogP contribution is -2.34. The van der Waals surface area contributed by atoms with E-state index in [4.69, 9.17) is 19.9 Å². The van der Waals surface area contributed by atoms with Gasteiger partial charge in [0.1, 0.15) is 17.3 Å². The molecule has 8 nitrogen and oxygen atoms in total. The van der Waals surface area contributed by atoms with E-state index in [1.165, 1.54) is 17.7 Å². The quantitative estimate of drug-likeness (QED) is 0.371. The van der Waals surface area contributed by atoms with Crippen molar-refractivity contribution in [2.75, 3.05) is 29.1 Å². The number of pyridine rings is 1. The van der Waals surface area contributed by atoms with Crippen LogP contribution in [0.4, 0.5) is 35.0 Å². The van der Waals surface area contributed by atoms with Gasteiger partial charge in [-0.3, -0.25) is 4.98 Å². The third kappa shape index (κ3) is 6.66.